The van der Waals surface area contributed by atoms with Crippen molar-refractivity contribution in [2.45, 2.75) is 12.8 Å². The number of nitrogens with one attached hydrogen (secondary N) is 2. The number of ether oxygens (including phenoxy) is 2. The molecule has 0 saturated carbocycles. The number of halogens is 1. The topological polar surface area (TPSA) is 80.4 Å². The number of anilines is 1. The summed E-state index contributed by atoms with van der Waals surface area (Å²) in [5.74, 6) is -0.870. The van der Waals surface area contributed by atoms with Crippen LogP contribution in [-0.4, -0.2) is 31.1 Å². The number of rotatable bonds is 4. The van der Waals surface area contributed by atoms with Gasteiger partial charge in [-0.25, -0.2) is 4.79 Å². The fourth-order valence-corrected chi connectivity index (χ4v) is 4.13. The smallest absolute Gasteiger partial charge is 0.340 e. The lowest BCUT2D eigenvalue weighted by Crippen LogP contribution is -2.17. The van der Waals surface area contributed by atoms with Crippen LogP contribution in [0.5, 0.6) is 5.75 Å². The minimum Gasteiger partial charge on any atom is -0.496 e. The number of H-pyrrole nitrogens is 1. The van der Waals surface area contributed by atoms with Crippen molar-refractivity contribution < 1.29 is 19.1 Å². The highest BCUT2D eigenvalue weighted by Gasteiger charge is 2.39. The number of carbonyl (C=O) groups is 2. The van der Waals surface area contributed by atoms with Crippen LogP contribution in [0.4, 0.5) is 5.69 Å². The fraction of sp³-hybridized carbons (Fsp3) is 0.182. The molecule has 29 heavy (non-hydrogen) atoms. The number of aromatic nitrogens is 1. The van der Waals surface area contributed by atoms with E-state index in [2.05, 4.69) is 10.3 Å². The lowest BCUT2D eigenvalue weighted by atomic mass is 9.87. The fourth-order valence-electron chi connectivity index (χ4n) is 3.90. The molecule has 1 atom stereocenters. The molecule has 2 aromatic carbocycles. The van der Waals surface area contributed by atoms with E-state index in [1.807, 2.05) is 30.3 Å². The van der Waals surface area contributed by atoms with Gasteiger partial charge in [0, 0.05) is 16.8 Å². The number of amides is 1. The molecule has 1 amide bonds. The molecule has 6 nitrogen and oxygen atoms in total. The zero-order valence-electron chi connectivity index (χ0n) is 16.1. The Labute approximate surface area is 172 Å². The van der Waals surface area contributed by atoms with E-state index in [1.54, 1.807) is 26.2 Å². The molecule has 0 unspecified atom stereocenters. The number of hydrogen-bond donors (Lipinski definition) is 2. The molecule has 1 aliphatic rings. The first-order chi connectivity index (χ1) is 14.0. The summed E-state index contributed by atoms with van der Waals surface area (Å²) in [5, 5.41) is 3.30. The number of fused-ring (bicyclic) bond motifs is 1. The highest BCUT2D eigenvalue weighted by molar-refractivity contribution is 6.34. The minimum absolute atomic E-state index is 0.256. The summed E-state index contributed by atoms with van der Waals surface area (Å²) in [5.41, 5.74) is 4.13. The molecule has 0 fully saturated rings. The Morgan fingerprint density at radius 2 is 1.86 bits per heavy atom. The lowest BCUT2D eigenvalue weighted by Gasteiger charge is -2.15. The van der Waals surface area contributed by atoms with Gasteiger partial charge in [-0.3, -0.25) is 4.79 Å². The maximum atomic E-state index is 13.0. The van der Waals surface area contributed by atoms with E-state index >= 15 is 0 Å². The van der Waals surface area contributed by atoms with Crippen molar-refractivity contribution in [3.63, 3.8) is 0 Å². The largest absolute Gasteiger partial charge is 0.496 e. The van der Waals surface area contributed by atoms with Gasteiger partial charge < -0.3 is 19.8 Å². The molecule has 3 aromatic rings. The van der Waals surface area contributed by atoms with E-state index in [0.29, 0.717) is 44.5 Å². The number of methoxy groups -OCH3 is 2. The van der Waals surface area contributed by atoms with Crippen molar-refractivity contribution in [3.05, 3.63) is 69.9 Å². The van der Waals surface area contributed by atoms with Gasteiger partial charge in [-0.05, 0) is 30.7 Å². The first-order valence-corrected chi connectivity index (χ1v) is 9.39. The Bertz CT molecular complexity index is 1140. The maximum absolute atomic E-state index is 13.0. The van der Waals surface area contributed by atoms with Crippen LogP contribution in [0.2, 0.25) is 5.02 Å². The zero-order chi connectivity index (χ0) is 20.7. The summed E-state index contributed by atoms with van der Waals surface area (Å²) in [6, 6.07) is 12.8. The van der Waals surface area contributed by atoms with Crippen molar-refractivity contribution in [2.24, 2.45) is 0 Å². The minimum atomic E-state index is -0.720. The molecule has 7 heteroatoms. The van der Waals surface area contributed by atoms with Gasteiger partial charge in [0.25, 0.3) is 0 Å². The average Bonchev–Trinajstić information content (AvgIpc) is 3.24. The SMILES string of the molecule is COC(=O)c1c(C)[nH]c(-c2ccccc2OC)c1[C@H]1C(=O)Nc2c(Cl)cccc21. The normalized spacial score (nSPS) is 15.0. The molecule has 2 N–H and O–H groups in total. The quantitative estimate of drug-likeness (QED) is 0.619. The first kappa shape index (κ1) is 19.1. The highest BCUT2D eigenvalue weighted by atomic mass is 35.5. The second-order valence-electron chi connectivity index (χ2n) is 6.73. The van der Waals surface area contributed by atoms with E-state index in [0.717, 1.165) is 5.56 Å². The van der Waals surface area contributed by atoms with Gasteiger partial charge in [0.1, 0.15) is 5.75 Å². The molecule has 1 aromatic heterocycles. The van der Waals surface area contributed by atoms with Crippen LogP contribution in [0.25, 0.3) is 11.3 Å². The predicted octanol–water partition coefficient (Wildman–Crippen LogP) is 4.52. The zero-order valence-corrected chi connectivity index (χ0v) is 16.9. The van der Waals surface area contributed by atoms with E-state index < -0.39 is 11.9 Å². The second kappa shape index (κ2) is 7.29. The molecule has 148 valence electrons. The first-order valence-electron chi connectivity index (χ1n) is 9.01. The Morgan fingerprint density at radius 1 is 1.10 bits per heavy atom. The summed E-state index contributed by atoms with van der Waals surface area (Å²) in [4.78, 5) is 29.0. The van der Waals surface area contributed by atoms with E-state index in [1.165, 1.54) is 7.11 Å². The molecule has 1 aliphatic heterocycles. The third-order valence-electron chi connectivity index (χ3n) is 5.15. The van der Waals surface area contributed by atoms with Crippen molar-refractivity contribution in [1.29, 1.82) is 0 Å². The van der Waals surface area contributed by atoms with E-state index in [9.17, 15) is 9.59 Å². The van der Waals surface area contributed by atoms with Gasteiger partial charge in [0.2, 0.25) is 5.91 Å². The van der Waals surface area contributed by atoms with Crippen LogP contribution in [0.1, 0.15) is 33.1 Å². The molecule has 0 bridgehead atoms. The van der Waals surface area contributed by atoms with Crippen LogP contribution >= 0.6 is 11.6 Å². The van der Waals surface area contributed by atoms with Gasteiger partial charge in [0.15, 0.2) is 0 Å². The van der Waals surface area contributed by atoms with Gasteiger partial charge in [0.05, 0.1) is 42.1 Å². The van der Waals surface area contributed by atoms with Crippen LogP contribution in [0.3, 0.4) is 0 Å². The van der Waals surface area contributed by atoms with Gasteiger partial charge in [-0.2, -0.15) is 0 Å². The van der Waals surface area contributed by atoms with Crippen LogP contribution < -0.4 is 10.1 Å². The predicted molar refractivity (Wildman–Crippen MR) is 111 cm³/mol. The summed E-state index contributed by atoms with van der Waals surface area (Å²) in [7, 11) is 2.90. The molecular formula is C22H19ClN2O4. The highest BCUT2D eigenvalue weighted by Crippen LogP contribution is 2.47. The van der Waals surface area contributed by atoms with E-state index in [4.69, 9.17) is 21.1 Å². The summed E-state index contributed by atoms with van der Waals surface area (Å²) in [6.45, 7) is 1.78. The van der Waals surface area contributed by atoms with Gasteiger partial charge in [-0.15, -0.1) is 0 Å². The van der Waals surface area contributed by atoms with Crippen LogP contribution in [0, 0.1) is 6.92 Å². The van der Waals surface area contributed by atoms with Crippen molar-refractivity contribution in [1.82, 2.24) is 4.98 Å². The number of carbonyl (C=O) groups excluding carboxylic acids is 2. The standard InChI is InChI=1S/C22H19ClN2O4/c1-11-16(22(27)29-3)18(20(24-11)12-7-4-5-10-15(12)28-2)17-13-8-6-9-14(23)19(13)25-21(17)26/h4-10,17,24H,1-3H3,(H,25,26)/t17-/m0/s1. The van der Waals surface area contributed by atoms with Gasteiger partial charge in [-0.1, -0.05) is 35.9 Å². The maximum Gasteiger partial charge on any atom is 0.340 e. The monoisotopic (exact) mass is 410 g/mol. The summed E-state index contributed by atoms with van der Waals surface area (Å²) in [6.07, 6.45) is 0. The molecule has 4 rings (SSSR count). The van der Waals surface area contributed by atoms with Crippen LogP contribution in [0.15, 0.2) is 42.5 Å². The van der Waals surface area contributed by atoms with Crippen molar-refractivity contribution in [3.8, 4) is 17.0 Å². The molecule has 0 saturated heterocycles. The molecular weight excluding hydrogens is 392 g/mol. The average molecular weight is 411 g/mol. The Hall–Kier alpha value is -3.25. The number of aromatic amines is 1. The molecule has 2 heterocycles. The lowest BCUT2D eigenvalue weighted by molar-refractivity contribution is -0.116. The van der Waals surface area contributed by atoms with Crippen LogP contribution in [-0.2, 0) is 9.53 Å². The number of hydrogen-bond acceptors (Lipinski definition) is 4. The van der Waals surface area contributed by atoms with Crippen molar-refractivity contribution >= 4 is 29.2 Å². The number of aryl methyl sites for hydroxylation is 1. The third kappa shape index (κ3) is 2.96. The third-order valence-corrected chi connectivity index (χ3v) is 5.46. The Morgan fingerprint density at radius 3 is 2.59 bits per heavy atom. The second-order valence-corrected chi connectivity index (χ2v) is 7.14. The van der Waals surface area contributed by atoms with Crippen molar-refractivity contribution in [2.75, 3.05) is 19.5 Å². The Balaban J connectivity index is 2.04. The molecule has 0 aliphatic carbocycles. The number of para-hydroxylation sites is 2. The number of esters is 1. The number of benzene rings is 2. The molecule has 0 spiro atoms. The molecule has 0 radical (unpaired) electrons. The summed E-state index contributed by atoms with van der Waals surface area (Å²) >= 11 is 6.29. The summed E-state index contributed by atoms with van der Waals surface area (Å²) < 4.78 is 10.5. The van der Waals surface area contributed by atoms with E-state index in [-0.39, 0.29) is 5.91 Å². The Kier molecular flexibility index (Phi) is 4.80. The van der Waals surface area contributed by atoms with Gasteiger partial charge >= 0.3 is 5.97 Å².